The van der Waals surface area contributed by atoms with Crippen molar-refractivity contribution in [3.8, 4) is 0 Å². The van der Waals surface area contributed by atoms with E-state index in [1.54, 1.807) is 18.2 Å². The van der Waals surface area contributed by atoms with E-state index in [4.69, 9.17) is 21.9 Å². The average molecular weight is 369 g/mol. The van der Waals surface area contributed by atoms with Gasteiger partial charge in [0.25, 0.3) is 0 Å². The minimum atomic E-state index is -3.79. The lowest BCUT2D eigenvalue weighted by molar-refractivity contribution is 0.193. The first-order valence-electron chi connectivity index (χ1n) is 16.0. The zero-order valence-corrected chi connectivity index (χ0v) is 13.7. The molecule has 2 atom stereocenters. The second kappa shape index (κ2) is 6.47. The molecule has 1 aromatic heterocycles. The summed E-state index contributed by atoms with van der Waals surface area (Å²) in [6, 6.07) is 1.06. The van der Waals surface area contributed by atoms with Gasteiger partial charge in [-0.1, -0.05) is 18.2 Å². The van der Waals surface area contributed by atoms with Gasteiger partial charge in [0, 0.05) is 71.6 Å². The number of hydrogen-bond donors (Lipinski definition) is 1. The first kappa shape index (κ1) is 6.71. The van der Waals surface area contributed by atoms with Crippen LogP contribution in [0.4, 0.5) is 4.79 Å². The van der Waals surface area contributed by atoms with E-state index in [1.165, 1.54) is 12.3 Å². The number of nitrogens with zero attached hydrogens (tertiary/aromatic N) is 3. The molecule has 0 unspecified atom stereocenters. The SMILES string of the molecule is [2H]C([2H])([2H])N1C[C@@H](NC(=O)N(C([2H])([2H])C([2H])([2H])[2H])C([2H])([2H])C([2H])([2H])[2H])C=C2c3cccc4c3c(cn4C([2H])([2H])[2H])C[C@H]21. The summed E-state index contributed by atoms with van der Waals surface area (Å²) in [5, 5.41) is 2.80. The quantitative estimate of drug-likeness (QED) is 0.905. The van der Waals surface area contributed by atoms with Crippen molar-refractivity contribution in [1.29, 1.82) is 0 Å². The van der Waals surface area contributed by atoms with Gasteiger partial charge in [-0.3, -0.25) is 4.90 Å². The molecule has 2 heterocycles. The Balaban J connectivity index is 1.83. The third-order valence-corrected chi connectivity index (χ3v) is 4.88. The molecule has 1 N–H and O–H groups in total. The summed E-state index contributed by atoms with van der Waals surface area (Å²) in [5.41, 5.74) is 1.85. The van der Waals surface area contributed by atoms with E-state index in [0.717, 1.165) is 9.47 Å². The lowest BCUT2D eigenvalue weighted by atomic mass is 9.81. The average Bonchev–Trinajstić information content (AvgIpc) is 3.17. The monoisotopic (exact) mass is 368 g/mol. The van der Waals surface area contributed by atoms with Crippen LogP contribution in [0.5, 0.6) is 0 Å². The second-order valence-electron chi connectivity index (χ2n) is 6.33. The summed E-state index contributed by atoms with van der Waals surface area (Å²) in [6.45, 7) is -20.6. The predicted molar refractivity (Wildman–Crippen MR) is 106 cm³/mol. The van der Waals surface area contributed by atoms with Crippen LogP contribution >= 0.6 is 0 Å². The van der Waals surface area contributed by atoms with Gasteiger partial charge in [0.1, 0.15) is 0 Å². The van der Waals surface area contributed by atoms with Crippen molar-refractivity contribution in [1.82, 2.24) is 19.7 Å². The number of carbonyl (C=O) groups is 1. The number of likely N-dealkylation sites (N-methyl/N-ethyl adjacent to an activating group) is 1. The van der Waals surface area contributed by atoms with Crippen LogP contribution in [-0.2, 0) is 13.4 Å². The number of aromatic nitrogens is 1. The molecule has 2 aliphatic rings. The predicted octanol–water partition coefficient (Wildman–Crippen LogP) is 2.85. The number of fused-ring (bicyclic) bond motifs is 2. The van der Waals surface area contributed by atoms with Gasteiger partial charge in [0.2, 0.25) is 0 Å². The van der Waals surface area contributed by atoms with Crippen LogP contribution in [0.1, 0.15) is 46.8 Å². The summed E-state index contributed by atoms with van der Waals surface area (Å²) in [6.07, 6.45) is 3.02. The lowest BCUT2D eigenvalue weighted by Gasteiger charge is -2.40. The van der Waals surface area contributed by atoms with Gasteiger partial charge in [0.15, 0.2) is 0 Å². The minimum Gasteiger partial charge on any atom is -0.350 e. The van der Waals surface area contributed by atoms with Crippen molar-refractivity contribution in [2.45, 2.75) is 32.2 Å². The first-order valence-corrected chi connectivity index (χ1v) is 8.03. The van der Waals surface area contributed by atoms with Gasteiger partial charge in [-0.25, -0.2) is 4.79 Å². The lowest BCUT2D eigenvalue weighted by Crippen LogP contribution is -2.52. The Morgan fingerprint density at radius 2 is 2.27 bits per heavy atom. The molecule has 2 aromatic rings. The van der Waals surface area contributed by atoms with Crippen molar-refractivity contribution in [2.24, 2.45) is 6.98 Å². The Kier molecular flexibility index (Phi) is 1.67. The molecule has 5 nitrogen and oxygen atoms in total. The normalized spacial score (nSPS) is 34.2. The van der Waals surface area contributed by atoms with Crippen LogP contribution in [-0.4, -0.2) is 59.0 Å². The molecule has 0 fully saturated rings. The maximum atomic E-state index is 13.4. The molecule has 2 amide bonds. The van der Waals surface area contributed by atoms with Crippen molar-refractivity contribution in [2.75, 3.05) is 26.5 Å². The number of amides is 2. The van der Waals surface area contributed by atoms with E-state index in [1.807, 2.05) is 0 Å². The number of aryl methyl sites for hydroxylation is 1. The molecule has 0 spiro atoms. The highest BCUT2D eigenvalue weighted by molar-refractivity contribution is 5.98. The summed E-state index contributed by atoms with van der Waals surface area (Å²) < 4.78 is 127. The molecule has 138 valence electrons. The first-order chi connectivity index (χ1) is 18.8. The van der Waals surface area contributed by atoms with Crippen LogP contribution in [0.2, 0.25) is 0 Å². The fraction of sp³-hybridized carbons (Fsp3) is 0.476. The fourth-order valence-electron chi connectivity index (χ4n) is 3.79. The Hall–Kier alpha value is -2.27. The van der Waals surface area contributed by atoms with Gasteiger partial charge in [0.05, 0.1) is 6.04 Å². The number of benzene rings is 1. The number of hydrogen-bond acceptors (Lipinski definition) is 2. The Morgan fingerprint density at radius 1 is 1.38 bits per heavy atom. The van der Waals surface area contributed by atoms with Gasteiger partial charge in [-0.15, -0.1) is 0 Å². The third-order valence-electron chi connectivity index (χ3n) is 4.88. The molecule has 5 heteroatoms. The number of urea groups is 1. The summed E-state index contributed by atoms with van der Waals surface area (Å²) in [5.74, 6) is 0. The number of rotatable bonds is 3. The minimum absolute atomic E-state index is 0.108. The molecule has 26 heavy (non-hydrogen) atoms. The largest absolute Gasteiger partial charge is 0.350 e. The van der Waals surface area contributed by atoms with Gasteiger partial charge < -0.3 is 14.8 Å². The highest BCUT2D eigenvalue weighted by atomic mass is 16.2. The molecule has 0 saturated heterocycles. The maximum Gasteiger partial charge on any atom is 0.317 e. The second-order valence-corrected chi connectivity index (χ2v) is 6.33. The molecule has 1 aliphatic carbocycles. The fourth-order valence-corrected chi connectivity index (χ4v) is 3.79. The van der Waals surface area contributed by atoms with Crippen LogP contribution in [0.25, 0.3) is 16.5 Å². The van der Waals surface area contributed by atoms with E-state index >= 15 is 0 Å². The van der Waals surface area contributed by atoms with Crippen LogP contribution in [0.3, 0.4) is 0 Å². The maximum absolute atomic E-state index is 13.4. The van der Waals surface area contributed by atoms with E-state index in [9.17, 15) is 4.79 Å². The van der Waals surface area contributed by atoms with Crippen LogP contribution in [0.15, 0.2) is 30.5 Å². The standard InChI is InChI=1S/C21H28N4O/c1-5-25(6-2)21(26)22-15-11-17-16-8-7-9-18-20(16)14(12-23(18)3)10-19(17)24(4)13-15/h7-9,11-12,15,19H,5-6,10,13H2,1-4H3,(H,22,26)/t15-,19+/m0/s1/i1D3,2D3,3D3,4D3,5D2,6D2. The molecule has 1 aromatic carbocycles. The van der Waals surface area contributed by atoms with Gasteiger partial charge >= 0.3 is 6.03 Å². The van der Waals surface area contributed by atoms with Crippen LogP contribution < -0.4 is 5.32 Å². The van der Waals surface area contributed by atoms with Crippen molar-refractivity contribution in [3.05, 3.63) is 41.6 Å². The number of nitrogens with one attached hydrogen (secondary N) is 1. The van der Waals surface area contributed by atoms with E-state index in [0.29, 0.717) is 27.6 Å². The van der Waals surface area contributed by atoms with Crippen molar-refractivity contribution in [3.63, 3.8) is 0 Å². The Bertz CT molecular complexity index is 1390. The molecular formula is C21H28N4O. The molecular weight excluding hydrogens is 324 g/mol. The highest BCUT2D eigenvalue weighted by Gasteiger charge is 2.34. The van der Waals surface area contributed by atoms with Gasteiger partial charge in [-0.05, 0) is 49.9 Å². The molecule has 0 radical (unpaired) electrons. The van der Waals surface area contributed by atoms with Crippen molar-refractivity contribution < 1.29 is 26.7 Å². The smallest absolute Gasteiger partial charge is 0.317 e. The Morgan fingerprint density at radius 3 is 3.04 bits per heavy atom. The van der Waals surface area contributed by atoms with Crippen LogP contribution in [0, 0.1) is 0 Å². The highest BCUT2D eigenvalue weighted by Crippen LogP contribution is 2.40. The third kappa shape index (κ3) is 2.62. The topological polar surface area (TPSA) is 40.5 Å². The molecule has 1 aliphatic heterocycles. The van der Waals surface area contributed by atoms with Crippen molar-refractivity contribution >= 4 is 22.5 Å². The zero-order valence-electron chi connectivity index (χ0n) is 29.7. The molecule has 4 rings (SSSR count). The van der Waals surface area contributed by atoms with E-state index < -0.39 is 70.2 Å². The summed E-state index contributed by atoms with van der Waals surface area (Å²) >= 11 is 0. The summed E-state index contributed by atoms with van der Waals surface area (Å²) in [4.78, 5) is 14.0. The summed E-state index contributed by atoms with van der Waals surface area (Å²) in [7, 11) is 0. The zero-order chi connectivity index (χ0) is 32.0. The van der Waals surface area contributed by atoms with E-state index in [2.05, 4.69) is 5.32 Å². The number of carbonyl (C=O) groups excluding carboxylic acids is 1. The molecule has 0 bridgehead atoms. The van der Waals surface area contributed by atoms with Gasteiger partial charge in [-0.2, -0.15) is 0 Å². The van der Waals surface area contributed by atoms with E-state index in [-0.39, 0.29) is 6.42 Å². The molecule has 0 saturated carbocycles. The Labute approximate surface area is 177 Å².